The molecule has 0 atom stereocenters. The Hall–Kier alpha value is -1.40. The van der Waals surface area contributed by atoms with Crippen LogP contribution in [0.1, 0.15) is 19.2 Å². The third kappa shape index (κ3) is 5.79. The standard InChI is InChI=1S/C12H21N3O3/c1-3-11-14-10(13)9-12(15-11)18-6-4-5-17-8-7-16-2/h9H,3-8H2,1-2H3,(H2,13,14,15). The summed E-state index contributed by atoms with van der Waals surface area (Å²) in [7, 11) is 1.65. The Bertz CT molecular complexity index is 347. The van der Waals surface area contributed by atoms with Crippen LogP contribution in [0.5, 0.6) is 5.88 Å². The van der Waals surface area contributed by atoms with Gasteiger partial charge in [-0.2, -0.15) is 4.98 Å². The molecular formula is C12H21N3O3. The third-order valence-corrected chi connectivity index (χ3v) is 2.20. The summed E-state index contributed by atoms with van der Waals surface area (Å²) in [5.74, 6) is 1.66. The summed E-state index contributed by atoms with van der Waals surface area (Å²) in [6.07, 6.45) is 1.54. The molecule has 0 saturated carbocycles. The Morgan fingerprint density at radius 1 is 1.17 bits per heavy atom. The second-order valence-electron chi connectivity index (χ2n) is 3.71. The summed E-state index contributed by atoms with van der Waals surface area (Å²) in [5, 5.41) is 0. The topological polar surface area (TPSA) is 79.5 Å². The largest absolute Gasteiger partial charge is 0.477 e. The molecule has 102 valence electrons. The maximum Gasteiger partial charge on any atom is 0.218 e. The number of hydrogen-bond donors (Lipinski definition) is 1. The van der Waals surface area contributed by atoms with Crippen LogP contribution in [0.15, 0.2) is 6.07 Å². The summed E-state index contributed by atoms with van der Waals surface area (Å²) < 4.78 is 15.7. The van der Waals surface area contributed by atoms with E-state index < -0.39 is 0 Å². The molecule has 1 heterocycles. The van der Waals surface area contributed by atoms with Crippen LogP contribution in [0.4, 0.5) is 5.82 Å². The lowest BCUT2D eigenvalue weighted by atomic mass is 10.4. The van der Waals surface area contributed by atoms with Crippen molar-refractivity contribution in [1.29, 1.82) is 0 Å². The number of anilines is 1. The Balaban J connectivity index is 2.20. The molecule has 1 rings (SSSR count). The quantitative estimate of drug-likeness (QED) is 0.664. The van der Waals surface area contributed by atoms with E-state index in [0.29, 0.717) is 43.9 Å². The number of nitrogen functional groups attached to an aromatic ring is 1. The number of methoxy groups -OCH3 is 1. The van der Waals surface area contributed by atoms with Crippen LogP contribution in [0.2, 0.25) is 0 Å². The molecule has 0 aromatic carbocycles. The molecule has 2 N–H and O–H groups in total. The van der Waals surface area contributed by atoms with Gasteiger partial charge in [-0.25, -0.2) is 4.98 Å². The van der Waals surface area contributed by atoms with Crippen molar-refractivity contribution in [1.82, 2.24) is 9.97 Å². The van der Waals surface area contributed by atoms with Gasteiger partial charge in [0.1, 0.15) is 11.6 Å². The van der Waals surface area contributed by atoms with Gasteiger partial charge in [-0.3, -0.25) is 0 Å². The molecule has 0 unspecified atom stereocenters. The van der Waals surface area contributed by atoms with Crippen molar-refractivity contribution in [3.8, 4) is 5.88 Å². The monoisotopic (exact) mass is 255 g/mol. The number of nitrogens with zero attached hydrogens (tertiary/aromatic N) is 2. The van der Waals surface area contributed by atoms with E-state index in [1.807, 2.05) is 6.92 Å². The number of rotatable bonds is 9. The predicted octanol–water partition coefficient (Wildman–Crippen LogP) is 1.05. The molecule has 6 heteroatoms. The molecule has 18 heavy (non-hydrogen) atoms. The molecule has 0 aliphatic carbocycles. The zero-order chi connectivity index (χ0) is 13.2. The van der Waals surface area contributed by atoms with E-state index in [4.69, 9.17) is 19.9 Å². The van der Waals surface area contributed by atoms with E-state index in [2.05, 4.69) is 9.97 Å². The third-order valence-electron chi connectivity index (χ3n) is 2.20. The minimum atomic E-state index is 0.438. The fourth-order valence-corrected chi connectivity index (χ4v) is 1.31. The first-order chi connectivity index (χ1) is 8.76. The van der Waals surface area contributed by atoms with Gasteiger partial charge in [0.05, 0.1) is 19.8 Å². The van der Waals surface area contributed by atoms with Gasteiger partial charge in [0.15, 0.2) is 0 Å². The van der Waals surface area contributed by atoms with Gasteiger partial charge in [0.2, 0.25) is 5.88 Å². The van der Waals surface area contributed by atoms with Crippen LogP contribution in [-0.2, 0) is 15.9 Å². The number of nitrogens with two attached hydrogens (primary N) is 1. The molecule has 6 nitrogen and oxygen atoms in total. The van der Waals surface area contributed by atoms with Crippen LogP contribution >= 0.6 is 0 Å². The molecule has 1 aromatic heterocycles. The van der Waals surface area contributed by atoms with Crippen molar-refractivity contribution < 1.29 is 14.2 Å². The Morgan fingerprint density at radius 3 is 2.72 bits per heavy atom. The maximum atomic E-state index is 5.65. The van der Waals surface area contributed by atoms with Crippen molar-refractivity contribution in [3.63, 3.8) is 0 Å². The zero-order valence-corrected chi connectivity index (χ0v) is 11.0. The lowest BCUT2D eigenvalue weighted by Crippen LogP contribution is -2.08. The number of aryl methyl sites for hydroxylation is 1. The fraction of sp³-hybridized carbons (Fsp3) is 0.667. The first-order valence-electron chi connectivity index (χ1n) is 6.09. The number of ether oxygens (including phenoxy) is 3. The van der Waals surface area contributed by atoms with Gasteiger partial charge >= 0.3 is 0 Å². The molecule has 0 amide bonds. The predicted molar refractivity (Wildman–Crippen MR) is 68.6 cm³/mol. The molecule has 0 fully saturated rings. The highest BCUT2D eigenvalue weighted by atomic mass is 16.5. The highest BCUT2D eigenvalue weighted by Crippen LogP contribution is 2.11. The molecule has 0 radical (unpaired) electrons. The van der Waals surface area contributed by atoms with Gasteiger partial charge < -0.3 is 19.9 Å². The molecule has 0 aliphatic rings. The number of hydrogen-bond acceptors (Lipinski definition) is 6. The van der Waals surface area contributed by atoms with Gasteiger partial charge in [-0.05, 0) is 0 Å². The van der Waals surface area contributed by atoms with Crippen LogP contribution in [0, 0.1) is 0 Å². The average Bonchev–Trinajstić information content (AvgIpc) is 2.37. The van der Waals surface area contributed by atoms with Crippen molar-refractivity contribution >= 4 is 5.82 Å². The summed E-state index contributed by atoms with van der Waals surface area (Å²) in [4.78, 5) is 8.30. The Kier molecular flexibility index (Phi) is 7.05. The van der Waals surface area contributed by atoms with Crippen molar-refractivity contribution in [2.24, 2.45) is 0 Å². The maximum absolute atomic E-state index is 5.65. The van der Waals surface area contributed by atoms with E-state index in [0.717, 1.165) is 12.8 Å². The molecule has 0 spiro atoms. The zero-order valence-electron chi connectivity index (χ0n) is 11.0. The minimum Gasteiger partial charge on any atom is -0.477 e. The smallest absolute Gasteiger partial charge is 0.218 e. The normalized spacial score (nSPS) is 10.6. The molecule has 0 bridgehead atoms. The van der Waals surface area contributed by atoms with E-state index in [9.17, 15) is 0 Å². The van der Waals surface area contributed by atoms with Crippen LogP contribution < -0.4 is 10.5 Å². The molecular weight excluding hydrogens is 234 g/mol. The highest BCUT2D eigenvalue weighted by Gasteiger charge is 2.01. The highest BCUT2D eigenvalue weighted by molar-refractivity contribution is 5.32. The van der Waals surface area contributed by atoms with Crippen LogP contribution in [-0.4, -0.2) is 43.5 Å². The summed E-state index contributed by atoms with van der Waals surface area (Å²) >= 11 is 0. The van der Waals surface area contributed by atoms with Crippen LogP contribution in [0.25, 0.3) is 0 Å². The molecule has 0 saturated heterocycles. The average molecular weight is 255 g/mol. The van der Waals surface area contributed by atoms with Gasteiger partial charge in [-0.15, -0.1) is 0 Å². The first-order valence-corrected chi connectivity index (χ1v) is 6.09. The van der Waals surface area contributed by atoms with Crippen molar-refractivity contribution in [3.05, 3.63) is 11.9 Å². The Morgan fingerprint density at radius 2 is 2.00 bits per heavy atom. The molecule has 1 aromatic rings. The van der Waals surface area contributed by atoms with E-state index in [-0.39, 0.29) is 0 Å². The van der Waals surface area contributed by atoms with Crippen molar-refractivity contribution in [2.45, 2.75) is 19.8 Å². The van der Waals surface area contributed by atoms with Gasteiger partial charge in [-0.1, -0.05) is 6.92 Å². The van der Waals surface area contributed by atoms with E-state index in [1.165, 1.54) is 0 Å². The fourth-order valence-electron chi connectivity index (χ4n) is 1.31. The van der Waals surface area contributed by atoms with Gasteiger partial charge in [0.25, 0.3) is 0 Å². The van der Waals surface area contributed by atoms with E-state index in [1.54, 1.807) is 13.2 Å². The van der Waals surface area contributed by atoms with Crippen LogP contribution in [0.3, 0.4) is 0 Å². The summed E-state index contributed by atoms with van der Waals surface area (Å²) in [6.45, 7) is 4.39. The summed E-state index contributed by atoms with van der Waals surface area (Å²) in [5.41, 5.74) is 5.65. The Labute approximate surface area is 107 Å². The van der Waals surface area contributed by atoms with Crippen molar-refractivity contribution in [2.75, 3.05) is 39.3 Å². The number of aromatic nitrogens is 2. The minimum absolute atomic E-state index is 0.438. The lowest BCUT2D eigenvalue weighted by molar-refractivity contribution is 0.0642. The summed E-state index contributed by atoms with van der Waals surface area (Å²) in [6, 6.07) is 1.63. The first kappa shape index (κ1) is 14.7. The second kappa shape index (κ2) is 8.66. The lowest BCUT2D eigenvalue weighted by Gasteiger charge is -2.07. The SMILES string of the molecule is CCc1nc(N)cc(OCCCOCCOC)n1. The second-order valence-corrected chi connectivity index (χ2v) is 3.71. The molecule has 0 aliphatic heterocycles. The van der Waals surface area contributed by atoms with Gasteiger partial charge in [0, 0.05) is 32.6 Å². The van der Waals surface area contributed by atoms with E-state index >= 15 is 0 Å².